The van der Waals surface area contributed by atoms with Gasteiger partial charge >= 0.3 is 23.9 Å². The molecule has 0 radical (unpaired) electrons. The molecule has 0 amide bonds. The third-order valence-corrected chi connectivity index (χ3v) is 3.02. The van der Waals surface area contributed by atoms with E-state index in [1.54, 1.807) is 27.7 Å². The zero-order valence-electron chi connectivity index (χ0n) is 17.4. The topological polar surface area (TPSA) is 122 Å². The smallest absolute Gasteiger partial charge is 0.309 e. The van der Waals surface area contributed by atoms with Crippen molar-refractivity contribution in [3.63, 3.8) is 0 Å². The molecule has 28 heavy (non-hydrogen) atoms. The van der Waals surface area contributed by atoms with Gasteiger partial charge in [0.25, 0.3) is 0 Å². The Morgan fingerprint density at radius 2 is 1.00 bits per heavy atom. The number of esters is 4. The van der Waals surface area contributed by atoms with Crippen LogP contribution in [0.25, 0.3) is 0 Å². The molecule has 0 aliphatic heterocycles. The van der Waals surface area contributed by atoms with Crippen molar-refractivity contribution in [3.8, 4) is 0 Å². The average molecular weight is 404 g/mol. The maximum absolute atomic E-state index is 11.4. The van der Waals surface area contributed by atoms with Crippen molar-refractivity contribution >= 4 is 29.7 Å². The monoisotopic (exact) mass is 404 g/mol. The third kappa shape index (κ3) is 17.0. The highest BCUT2D eigenvalue weighted by Gasteiger charge is 2.25. The molecule has 0 aromatic heterocycles. The minimum atomic E-state index is -0.725. The van der Waals surface area contributed by atoms with Crippen molar-refractivity contribution in [1.29, 1.82) is 0 Å². The normalized spacial score (nSPS) is 10.6. The van der Waals surface area contributed by atoms with Gasteiger partial charge in [0.05, 0.1) is 51.6 Å². The van der Waals surface area contributed by atoms with Crippen LogP contribution in [0.5, 0.6) is 0 Å². The van der Waals surface area contributed by atoms with Crippen LogP contribution in [0.1, 0.15) is 60.3 Å². The molecule has 0 spiro atoms. The first-order valence-corrected chi connectivity index (χ1v) is 9.34. The van der Waals surface area contributed by atoms with E-state index >= 15 is 0 Å². The maximum Gasteiger partial charge on any atom is 0.309 e. The highest BCUT2D eigenvalue weighted by Crippen LogP contribution is 2.13. The van der Waals surface area contributed by atoms with E-state index in [-0.39, 0.29) is 56.6 Å². The molecule has 0 fully saturated rings. The van der Waals surface area contributed by atoms with E-state index in [0.717, 1.165) is 0 Å². The van der Waals surface area contributed by atoms with Crippen LogP contribution in [0.3, 0.4) is 0 Å². The lowest BCUT2D eigenvalue weighted by molar-refractivity contribution is -0.155. The molecule has 0 aliphatic rings. The number of hydrogen-bond donors (Lipinski definition) is 0. The molecule has 1 unspecified atom stereocenters. The summed E-state index contributed by atoms with van der Waals surface area (Å²) in [5, 5.41) is 0. The molecule has 0 aromatic carbocycles. The SMILES string of the molecule is CCOC(=O)CC(CC(C)=O)C(=O)OCC.CCOC(=O)CCC(=O)OCC. The van der Waals surface area contributed by atoms with Crippen LogP contribution in [-0.2, 0) is 42.9 Å². The molecule has 162 valence electrons. The number of carbonyl (C=O) groups excluding carboxylic acids is 5. The Morgan fingerprint density at radius 1 is 0.607 bits per heavy atom. The summed E-state index contributed by atoms with van der Waals surface area (Å²) in [6.07, 6.45) is 0.114. The van der Waals surface area contributed by atoms with Gasteiger partial charge in [-0.25, -0.2) is 0 Å². The molecule has 9 nitrogen and oxygen atoms in total. The van der Waals surface area contributed by atoms with Crippen molar-refractivity contribution in [1.82, 2.24) is 0 Å². The van der Waals surface area contributed by atoms with E-state index in [0.29, 0.717) is 13.2 Å². The Bertz CT molecular complexity index is 482. The molecule has 0 rings (SSSR count). The Hall–Kier alpha value is -2.45. The summed E-state index contributed by atoms with van der Waals surface area (Å²) in [7, 11) is 0. The second-order valence-electron chi connectivity index (χ2n) is 5.47. The van der Waals surface area contributed by atoms with Crippen LogP contribution < -0.4 is 0 Å². The highest BCUT2D eigenvalue weighted by molar-refractivity contribution is 5.86. The minimum absolute atomic E-state index is 0.0116. The quantitative estimate of drug-likeness (QED) is 0.355. The fourth-order valence-corrected chi connectivity index (χ4v) is 1.94. The summed E-state index contributed by atoms with van der Waals surface area (Å²) in [6.45, 7) is 9.37. The number of Topliss-reactive ketones (excluding diaryl/α,β-unsaturated/α-hetero) is 1. The number of ketones is 1. The highest BCUT2D eigenvalue weighted by atomic mass is 16.5. The van der Waals surface area contributed by atoms with Gasteiger partial charge in [-0.15, -0.1) is 0 Å². The van der Waals surface area contributed by atoms with Crippen LogP contribution in [0, 0.1) is 5.92 Å². The first kappa shape index (κ1) is 27.8. The van der Waals surface area contributed by atoms with Crippen LogP contribution in [0.2, 0.25) is 0 Å². The van der Waals surface area contributed by atoms with Gasteiger partial charge in [-0.05, 0) is 34.6 Å². The Labute approximate surface area is 166 Å². The fraction of sp³-hybridized carbons (Fsp3) is 0.737. The predicted molar refractivity (Wildman–Crippen MR) is 99.2 cm³/mol. The average Bonchev–Trinajstić information content (AvgIpc) is 2.60. The first-order valence-electron chi connectivity index (χ1n) is 9.34. The molecule has 0 saturated carbocycles. The van der Waals surface area contributed by atoms with Crippen LogP contribution in [0.15, 0.2) is 0 Å². The molecule has 0 N–H and O–H groups in total. The van der Waals surface area contributed by atoms with Crippen LogP contribution >= 0.6 is 0 Å². The van der Waals surface area contributed by atoms with E-state index in [2.05, 4.69) is 9.47 Å². The lowest BCUT2D eigenvalue weighted by atomic mass is 9.99. The minimum Gasteiger partial charge on any atom is -0.466 e. The molecule has 0 saturated heterocycles. The van der Waals surface area contributed by atoms with Crippen molar-refractivity contribution in [2.75, 3.05) is 26.4 Å². The van der Waals surface area contributed by atoms with Crippen molar-refractivity contribution in [3.05, 3.63) is 0 Å². The maximum atomic E-state index is 11.4. The molecule has 0 aliphatic carbocycles. The summed E-state index contributed by atoms with van der Waals surface area (Å²) in [6, 6.07) is 0. The molecule has 9 heteroatoms. The van der Waals surface area contributed by atoms with Crippen molar-refractivity contribution in [2.45, 2.75) is 60.3 Å². The Kier molecular flexibility index (Phi) is 17.8. The van der Waals surface area contributed by atoms with Gasteiger partial charge in [-0.1, -0.05) is 0 Å². The third-order valence-electron chi connectivity index (χ3n) is 3.02. The largest absolute Gasteiger partial charge is 0.466 e. The lowest BCUT2D eigenvalue weighted by Gasteiger charge is -2.12. The number of carbonyl (C=O) groups is 5. The van der Waals surface area contributed by atoms with Gasteiger partial charge in [-0.3, -0.25) is 19.2 Å². The van der Waals surface area contributed by atoms with Gasteiger partial charge in [0.2, 0.25) is 0 Å². The summed E-state index contributed by atoms with van der Waals surface area (Å²) >= 11 is 0. The van der Waals surface area contributed by atoms with Gasteiger partial charge in [0.15, 0.2) is 0 Å². The molecular formula is C19H32O9. The van der Waals surface area contributed by atoms with E-state index < -0.39 is 17.9 Å². The van der Waals surface area contributed by atoms with Crippen molar-refractivity contribution < 1.29 is 42.9 Å². The fourth-order valence-electron chi connectivity index (χ4n) is 1.94. The molecule has 0 aromatic rings. The molecule has 1 atom stereocenters. The van der Waals surface area contributed by atoms with E-state index in [1.165, 1.54) is 6.92 Å². The standard InChI is InChI=1S/C11H18O5.C8H14O4/c1-4-15-10(13)7-9(6-8(3)12)11(14)16-5-2;1-3-11-7(9)5-6-8(10)12-4-2/h9H,4-7H2,1-3H3;3-6H2,1-2H3. The van der Waals surface area contributed by atoms with Gasteiger partial charge in [0, 0.05) is 6.42 Å². The summed E-state index contributed by atoms with van der Waals surface area (Å²) in [4.78, 5) is 55.0. The number of hydrogen-bond acceptors (Lipinski definition) is 9. The predicted octanol–water partition coefficient (Wildman–Crippen LogP) is 1.99. The zero-order valence-corrected chi connectivity index (χ0v) is 17.4. The van der Waals surface area contributed by atoms with Gasteiger partial charge in [-0.2, -0.15) is 0 Å². The van der Waals surface area contributed by atoms with E-state index in [1.807, 2.05) is 0 Å². The Morgan fingerprint density at radius 3 is 1.36 bits per heavy atom. The second kappa shape index (κ2) is 17.9. The Balaban J connectivity index is 0. The second-order valence-corrected chi connectivity index (χ2v) is 5.47. The van der Waals surface area contributed by atoms with Gasteiger partial charge < -0.3 is 23.7 Å². The van der Waals surface area contributed by atoms with E-state index in [4.69, 9.17) is 9.47 Å². The summed E-state index contributed by atoms with van der Waals surface area (Å²) < 4.78 is 18.8. The van der Waals surface area contributed by atoms with Gasteiger partial charge in [0.1, 0.15) is 5.78 Å². The number of rotatable bonds is 12. The number of ether oxygens (including phenoxy) is 4. The lowest BCUT2D eigenvalue weighted by Crippen LogP contribution is -2.24. The van der Waals surface area contributed by atoms with Crippen LogP contribution in [-0.4, -0.2) is 56.1 Å². The van der Waals surface area contributed by atoms with Crippen molar-refractivity contribution in [2.24, 2.45) is 5.92 Å². The first-order chi connectivity index (χ1) is 13.2. The molecule has 0 heterocycles. The van der Waals surface area contributed by atoms with E-state index in [9.17, 15) is 24.0 Å². The molecular weight excluding hydrogens is 372 g/mol. The summed E-state index contributed by atoms with van der Waals surface area (Å²) in [5.41, 5.74) is 0. The summed E-state index contributed by atoms with van der Waals surface area (Å²) in [5.74, 6) is -2.59. The molecule has 0 bridgehead atoms. The van der Waals surface area contributed by atoms with Crippen LogP contribution in [0.4, 0.5) is 0 Å². The zero-order chi connectivity index (χ0) is 21.9.